The van der Waals surface area contributed by atoms with Crippen LogP contribution in [0.15, 0.2) is 40.8 Å². The number of rotatable bonds is 4. The van der Waals surface area contributed by atoms with Crippen molar-refractivity contribution < 1.29 is 4.42 Å². The molecular weight excluding hydrogens is 212 g/mol. The maximum absolute atomic E-state index is 5.73. The number of furan rings is 1. The Bertz CT molecular complexity index is 473. The number of benzene rings is 1. The standard InChI is InChI=1S/C14H18N2O/c1-3-12-8-9-13(17-12)14(16-15)11-6-4-10(2)5-7-11/h4-9,14,16H,3,15H2,1-2H3. The lowest BCUT2D eigenvalue weighted by Crippen LogP contribution is -2.28. The van der Waals surface area contributed by atoms with Crippen LogP contribution in [0.1, 0.15) is 35.6 Å². The molecule has 1 unspecified atom stereocenters. The van der Waals surface area contributed by atoms with Gasteiger partial charge >= 0.3 is 0 Å². The van der Waals surface area contributed by atoms with Crippen molar-refractivity contribution in [2.75, 3.05) is 0 Å². The molecule has 1 aromatic heterocycles. The minimum Gasteiger partial charge on any atom is -0.464 e. The van der Waals surface area contributed by atoms with E-state index in [1.165, 1.54) is 5.56 Å². The molecule has 3 N–H and O–H groups in total. The van der Waals surface area contributed by atoms with Gasteiger partial charge in [-0.2, -0.15) is 0 Å². The number of nitrogens with two attached hydrogens (primary N) is 1. The Morgan fingerprint density at radius 1 is 1.18 bits per heavy atom. The molecule has 1 atom stereocenters. The molecule has 0 aliphatic rings. The molecule has 0 aliphatic heterocycles. The van der Waals surface area contributed by atoms with Gasteiger partial charge in [0, 0.05) is 6.42 Å². The normalized spacial score (nSPS) is 12.6. The van der Waals surface area contributed by atoms with Crippen molar-refractivity contribution >= 4 is 0 Å². The number of hydrogen-bond donors (Lipinski definition) is 2. The quantitative estimate of drug-likeness (QED) is 0.627. The van der Waals surface area contributed by atoms with Crippen molar-refractivity contribution in [1.29, 1.82) is 0 Å². The predicted octanol–water partition coefficient (Wildman–Crippen LogP) is 2.70. The molecule has 3 heteroatoms. The third-order valence-electron chi connectivity index (χ3n) is 2.89. The summed E-state index contributed by atoms with van der Waals surface area (Å²) in [5, 5.41) is 0. The van der Waals surface area contributed by atoms with Crippen molar-refractivity contribution in [3.8, 4) is 0 Å². The molecule has 1 heterocycles. The molecule has 0 spiro atoms. The van der Waals surface area contributed by atoms with E-state index in [1.54, 1.807) is 0 Å². The third kappa shape index (κ3) is 2.57. The van der Waals surface area contributed by atoms with Crippen LogP contribution in [0.25, 0.3) is 0 Å². The highest BCUT2D eigenvalue weighted by atomic mass is 16.3. The van der Waals surface area contributed by atoms with E-state index in [2.05, 4.69) is 43.5 Å². The van der Waals surface area contributed by atoms with E-state index in [0.29, 0.717) is 0 Å². The van der Waals surface area contributed by atoms with Gasteiger partial charge in [-0.25, -0.2) is 5.43 Å². The van der Waals surface area contributed by atoms with Crippen molar-refractivity contribution in [1.82, 2.24) is 5.43 Å². The van der Waals surface area contributed by atoms with Crippen LogP contribution in [-0.2, 0) is 6.42 Å². The summed E-state index contributed by atoms with van der Waals surface area (Å²) in [4.78, 5) is 0. The molecule has 0 saturated carbocycles. The Morgan fingerprint density at radius 3 is 2.41 bits per heavy atom. The second-order valence-electron chi connectivity index (χ2n) is 4.17. The van der Waals surface area contributed by atoms with Gasteiger partial charge in [-0.15, -0.1) is 0 Å². The van der Waals surface area contributed by atoms with Gasteiger partial charge in [0.25, 0.3) is 0 Å². The molecular formula is C14H18N2O. The first-order valence-electron chi connectivity index (χ1n) is 5.86. The first-order valence-corrected chi connectivity index (χ1v) is 5.86. The van der Waals surface area contributed by atoms with Gasteiger partial charge in [0.15, 0.2) is 0 Å². The fourth-order valence-electron chi connectivity index (χ4n) is 1.84. The van der Waals surface area contributed by atoms with Crippen LogP contribution in [0.3, 0.4) is 0 Å². The van der Waals surface area contributed by atoms with Gasteiger partial charge in [-0.05, 0) is 24.6 Å². The SMILES string of the molecule is CCc1ccc(C(NN)c2ccc(C)cc2)o1. The van der Waals surface area contributed by atoms with Gasteiger partial charge in [0.1, 0.15) is 17.6 Å². The van der Waals surface area contributed by atoms with E-state index in [4.69, 9.17) is 10.3 Å². The molecule has 1 aromatic carbocycles. The van der Waals surface area contributed by atoms with E-state index in [9.17, 15) is 0 Å². The van der Waals surface area contributed by atoms with Crippen molar-refractivity contribution in [2.24, 2.45) is 5.84 Å². The maximum Gasteiger partial charge on any atom is 0.126 e. The smallest absolute Gasteiger partial charge is 0.126 e. The summed E-state index contributed by atoms with van der Waals surface area (Å²) in [6, 6.07) is 12.2. The second kappa shape index (κ2) is 5.17. The molecule has 90 valence electrons. The highest BCUT2D eigenvalue weighted by Crippen LogP contribution is 2.23. The molecule has 0 fully saturated rings. The van der Waals surface area contributed by atoms with Crippen LogP contribution in [-0.4, -0.2) is 0 Å². The predicted molar refractivity (Wildman–Crippen MR) is 68.4 cm³/mol. The zero-order valence-electron chi connectivity index (χ0n) is 10.2. The van der Waals surface area contributed by atoms with Crippen LogP contribution in [0, 0.1) is 6.92 Å². The highest BCUT2D eigenvalue weighted by molar-refractivity contribution is 5.29. The summed E-state index contributed by atoms with van der Waals surface area (Å²) in [6.07, 6.45) is 0.894. The van der Waals surface area contributed by atoms with Crippen molar-refractivity contribution in [3.63, 3.8) is 0 Å². The lowest BCUT2D eigenvalue weighted by atomic mass is 10.0. The summed E-state index contributed by atoms with van der Waals surface area (Å²) in [7, 11) is 0. The largest absolute Gasteiger partial charge is 0.464 e. The molecule has 0 saturated heterocycles. The van der Waals surface area contributed by atoms with E-state index < -0.39 is 0 Å². The van der Waals surface area contributed by atoms with Crippen molar-refractivity contribution in [2.45, 2.75) is 26.3 Å². The summed E-state index contributed by atoms with van der Waals surface area (Å²) in [5.74, 6) is 7.45. The van der Waals surface area contributed by atoms with Gasteiger partial charge in [0.2, 0.25) is 0 Å². The van der Waals surface area contributed by atoms with Gasteiger partial charge in [-0.3, -0.25) is 5.84 Å². The van der Waals surface area contributed by atoms with Crippen LogP contribution in [0.4, 0.5) is 0 Å². The summed E-state index contributed by atoms with van der Waals surface area (Å²) in [6.45, 7) is 4.14. The minimum atomic E-state index is -0.0871. The van der Waals surface area contributed by atoms with Crippen LogP contribution in [0.5, 0.6) is 0 Å². The Balaban J connectivity index is 2.29. The van der Waals surface area contributed by atoms with E-state index in [1.807, 2.05) is 12.1 Å². The van der Waals surface area contributed by atoms with Crippen LogP contribution >= 0.6 is 0 Å². The van der Waals surface area contributed by atoms with Gasteiger partial charge < -0.3 is 4.42 Å². The fraction of sp³-hybridized carbons (Fsp3) is 0.286. The lowest BCUT2D eigenvalue weighted by Gasteiger charge is -2.14. The topological polar surface area (TPSA) is 51.2 Å². The molecule has 0 aliphatic carbocycles. The monoisotopic (exact) mass is 230 g/mol. The molecule has 2 rings (SSSR count). The van der Waals surface area contributed by atoms with Crippen LogP contribution < -0.4 is 11.3 Å². The molecule has 2 aromatic rings. The second-order valence-corrected chi connectivity index (χ2v) is 4.17. The summed E-state index contributed by atoms with van der Waals surface area (Å²) < 4.78 is 5.73. The van der Waals surface area contributed by atoms with Gasteiger partial charge in [-0.1, -0.05) is 36.8 Å². The number of nitrogens with one attached hydrogen (secondary N) is 1. The lowest BCUT2D eigenvalue weighted by molar-refractivity contribution is 0.425. The molecule has 0 radical (unpaired) electrons. The maximum atomic E-state index is 5.73. The van der Waals surface area contributed by atoms with Crippen molar-refractivity contribution in [3.05, 3.63) is 59.0 Å². The first-order chi connectivity index (χ1) is 8.24. The zero-order chi connectivity index (χ0) is 12.3. The molecule has 0 amide bonds. The number of hydrazine groups is 1. The van der Waals surface area contributed by atoms with Gasteiger partial charge in [0.05, 0.1) is 0 Å². The Morgan fingerprint density at radius 2 is 1.88 bits per heavy atom. The highest BCUT2D eigenvalue weighted by Gasteiger charge is 2.15. The summed E-state index contributed by atoms with van der Waals surface area (Å²) in [5.41, 5.74) is 5.14. The fourth-order valence-corrected chi connectivity index (χ4v) is 1.84. The molecule has 0 bridgehead atoms. The van der Waals surface area contributed by atoms with E-state index in [-0.39, 0.29) is 6.04 Å². The van der Waals surface area contributed by atoms with E-state index >= 15 is 0 Å². The third-order valence-corrected chi connectivity index (χ3v) is 2.89. The number of hydrogen-bond acceptors (Lipinski definition) is 3. The Kier molecular flexibility index (Phi) is 3.61. The zero-order valence-corrected chi connectivity index (χ0v) is 10.2. The molecule has 3 nitrogen and oxygen atoms in total. The molecule has 17 heavy (non-hydrogen) atoms. The summed E-state index contributed by atoms with van der Waals surface area (Å²) >= 11 is 0. The Hall–Kier alpha value is -1.58. The minimum absolute atomic E-state index is 0.0871. The average molecular weight is 230 g/mol. The Labute approximate surface area is 102 Å². The number of aryl methyl sites for hydroxylation is 2. The van der Waals surface area contributed by atoms with Crippen LogP contribution in [0.2, 0.25) is 0 Å². The first kappa shape index (κ1) is 11.9. The van der Waals surface area contributed by atoms with E-state index in [0.717, 1.165) is 23.5 Å². The average Bonchev–Trinajstić information content (AvgIpc) is 2.81.